The maximum atomic E-state index is 12.3. The molecule has 2 fully saturated rings. The van der Waals surface area contributed by atoms with E-state index in [9.17, 15) is 13.0 Å². The van der Waals surface area contributed by atoms with Gasteiger partial charge in [-0.25, -0.2) is 0 Å². The molecule has 0 aliphatic heterocycles. The second kappa shape index (κ2) is 9.66. The summed E-state index contributed by atoms with van der Waals surface area (Å²) in [5, 5.41) is 0. The first-order valence-electron chi connectivity index (χ1n) is 12.2. The maximum Gasteiger partial charge on any atom is 0.295 e. The molecule has 4 rings (SSSR count). The molecule has 0 spiro atoms. The van der Waals surface area contributed by atoms with Gasteiger partial charge in [-0.2, -0.15) is 8.42 Å². The van der Waals surface area contributed by atoms with Crippen molar-refractivity contribution < 1.29 is 13.0 Å². The van der Waals surface area contributed by atoms with E-state index in [2.05, 4.69) is 19.9 Å². The normalized spacial score (nSPS) is 26.9. The van der Waals surface area contributed by atoms with Gasteiger partial charge in [-0.3, -0.25) is 4.55 Å². The Kier molecular flexibility index (Phi) is 7.09. The Morgan fingerprint density at radius 1 is 0.844 bits per heavy atom. The minimum atomic E-state index is -4.31. The zero-order valence-corrected chi connectivity index (χ0v) is 20.2. The second-order valence-electron chi connectivity index (χ2n) is 10.3. The highest BCUT2D eigenvalue weighted by molar-refractivity contribution is 7.86. The van der Waals surface area contributed by atoms with Crippen LogP contribution in [0, 0.1) is 11.8 Å². The van der Waals surface area contributed by atoms with Crippen molar-refractivity contribution in [1.29, 1.82) is 0 Å². The van der Waals surface area contributed by atoms with Gasteiger partial charge in [0.25, 0.3) is 10.1 Å². The summed E-state index contributed by atoms with van der Waals surface area (Å²) in [7, 11) is -4.31. The molecule has 0 aromatic heterocycles. The van der Waals surface area contributed by atoms with E-state index in [-0.39, 0.29) is 4.90 Å². The van der Waals surface area contributed by atoms with Gasteiger partial charge in [-0.05, 0) is 97.8 Å². The van der Waals surface area contributed by atoms with E-state index in [1.165, 1.54) is 31.2 Å². The Balaban J connectivity index is 1.52. The molecule has 2 aromatic rings. The number of benzene rings is 2. The summed E-state index contributed by atoms with van der Waals surface area (Å²) in [5.41, 5.74) is 9.70. The quantitative estimate of drug-likeness (QED) is 0.503. The zero-order valence-electron chi connectivity index (χ0n) is 19.3. The molecule has 0 unspecified atom stereocenters. The Morgan fingerprint density at radius 3 is 1.94 bits per heavy atom. The van der Waals surface area contributed by atoms with E-state index in [4.69, 9.17) is 5.73 Å². The molecule has 0 amide bonds. The van der Waals surface area contributed by atoms with Crippen molar-refractivity contribution in [3.8, 4) is 11.1 Å². The fourth-order valence-corrected chi connectivity index (χ4v) is 6.58. The summed E-state index contributed by atoms with van der Waals surface area (Å²) in [6, 6.07) is 14.0. The Hall–Kier alpha value is -1.69. The fourth-order valence-electron chi connectivity index (χ4n) is 5.83. The minimum Gasteiger partial charge on any atom is -0.328 e. The summed E-state index contributed by atoms with van der Waals surface area (Å²) >= 11 is 0. The van der Waals surface area contributed by atoms with Crippen molar-refractivity contribution >= 4 is 10.1 Å². The number of hydrogen-bond donors (Lipinski definition) is 2. The van der Waals surface area contributed by atoms with Crippen LogP contribution in [-0.2, 0) is 10.1 Å². The lowest BCUT2D eigenvalue weighted by molar-refractivity contribution is 0.177. The van der Waals surface area contributed by atoms with E-state index in [0.717, 1.165) is 48.6 Å². The van der Waals surface area contributed by atoms with Gasteiger partial charge in [0.2, 0.25) is 0 Å². The number of hydrogen-bond acceptors (Lipinski definition) is 3. The van der Waals surface area contributed by atoms with E-state index in [1.807, 2.05) is 30.3 Å². The van der Waals surface area contributed by atoms with Crippen LogP contribution in [0.3, 0.4) is 0 Å². The van der Waals surface area contributed by atoms with Crippen LogP contribution in [0.15, 0.2) is 47.4 Å². The molecule has 2 saturated carbocycles. The summed E-state index contributed by atoms with van der Waals surface area (Å²) in [6.07, 6.45) is 9.39. The van der Waals surface area contributed by atoms with Gasteiger partial charge in [0, 0.05) is 11.6 Å². The average Bonchev–Trinajstić information content (AvgIpc) is 2.79. The van der Waals surface area contributed by atoms with Crippen LogP contribution in [0.1, 0.15) is 88.2 Å². The molecular formula is C27H37NO3S. The lowest BCUT2D eigenvalue weighted by Gasteiger charge is -2.37. The minimum absolute atomic E-state index is 0.0238. The van der Waals surface area contributed by atoms with Crippen molar-refractivity contribution in [2.45, 2.75) is 88.0 Å². The third kappa shape index (κ3) is 5.27. The SMILES string of the molecule is CC(C)c1ccc(-c2ccc(C3CCC(C4CCC(N)CC4)CC3)cc2S(=O)(=O)O)cc1. The summed E-state index contributed by atoms with van der Waals surface area (Å²) in [6.45, 7) is 4.26. The van der Waals surface area contributed by atoms with Crippen LogP contribution in [-0.4, -0.2) is 19.0 Å². The fraction of sp³-hybridized carbons (Fsp3) is 0.556. The molecule has 2 aromatic carbocycles. The summed E-state index contributed by atoms with van der Waals surface area (Å²) in [5.74, 6) is 2.35. The molecule has 0 radical (unpaired) electrons. The first-order valence-corrected chi connectivity index (χ1v) is 13.6. The van der Waals surface area contributed by atoms with Crippen LogP contribution in [0.5, 0.6) is 0 Å². The monoisotopic (exact) mass is 455 g/mol. The molecule has 0 heterocycles. The highest BCUT2D eigenvalue weighted by Crippen LogP contribution is 2.43. The molecule has 0 atom stereocenters. The maximum absolute atomic E-state index is 12.3. The van der Waals surface area contributed by atoms with Gasteiger partial charge in [-0.1, -0.05) is 50.2 Å². The predicted molar refractivity (Wildman–Crippen MR) is 130 cm³/mol. The smallest absolute Gasteiger partial charge is 0.295 e. The summed E-state index contributed by atoms with van der Waals surface area (Å²) < 4.78 is 34.5. The summed E-state index contributed by atoms with van der Waals surface area (Å²) in [4.78, 5) is 0.0238. The van der Waals surface area contributed by atoms with Crippen LogP contribution < -0.4 is 5.73 Å². The van der Waals surface area contributed by atoms with E-state index < -0.39 is 10.1 Å². The van der Waals surface area contributed by atoms with Crippen LogP contribution in [0.25, 0.3) is 11.1 Å². The largest absolute Gasteiger partial charge is 0.328 e. The highest BCUT2D eigenvalue weighted by atomic mass is 32.2. The lowest BCUT2D eigenvalue weighted by Crippen LogP contribution is -2.31. The molecule has 0 saturated heterocycles. The molecule has 3 N–H and O–H groups in total. The van der Waals surface area contributed by atoms with Gasteiger partial charge >= 0.3 is 0 Å². The zero-order chi connectivity index (χ0) is 22.9. The average molecular weight is 456 g/mol. The molecule has 2 aliphatic rings. The molecule has 0 bridgehead atoms. The third-order valence-electron chi connectivity index (χ3n) is 7.90. The lowest BCUT2D eigenvalue weighted by atomic mass is 9.69. The molecule has 174 valence electrons. The van der Waals surface area contributed by atoms with Crippen molar-refractivity contribution in [1.82, 2.24) is 0 Å². The van der Waals surface area contributed by atoms with Gasteiger partial charge in [0.15, 0.2) is 0 Å². The first-order chi connectivity index (χ1) is 15.2. The topological polar surface area (TPSA) is 80.4 Å². The number of rotatable bonds is 5. The van der Waals surface area contributed by atoms with Crippen molar-refractivity contribution in [3.05, 3.63) is 53.6 Å². The highest BCUT2D eigenvalue weighted by Gasteiger charge is 2.31. The van der Waals surface area contributed by atoms with Crippen LogP contribution in [0.4, 0.5) is 0 Å². The van der Waals surface area contributed by atoms with Gasteiger partial charge < -0.3 is 5.73 Å². The first kappa shape index (κ1) is 23.5. The van der Waals surface area contributed by atoms with E-state index in [1.54, 1.807) is 6.07 Å². The van der Waals surface area contributed by atoms with Gasteiger partial charge in [0.1, 0.15) is 4.90 Å². The third-order valence-corrected chi connectivity index (χ3v) is 8.79. The molecular weight excluding hydrogens is 418 g/mol. The molecule has 2 aliphatic carbocycles. The van der Waals surface area contributed by atoms with Crippen molar-refractivity contribution in [3.63, 3.8) is 0 Å². The molecule has 4 nitrogen and oxygen atoms in total. The Morgan fingerprint density at radius 2 is 1.41 bits per heavy atom. The van der Waals surface area contributed by atoms with Gasteiger partial charge in [-0.15, -0.1) is 0 Å². The van der Waals surface area contributed by atoms with Gasteiger partial charge in [0.05, 0.1) is 0 Å². The van der Waals surface area contributed by atoms with Crippen LogP contribution in [0.2, 0.25) is 0 Å². The Bertz CT molecular complexity index is 1010. The van der Waals surface area contributed by atoms with Crippen molar-refractivity contribution in [2.75, 3.05) is 0 Å². The second-order valence-corrected chi connectivity index (χ2v) is 11.7. The molecule has 32 heavy (non-hydrogen) atoms. The number of nitrogens with two attached hydrogens (primary N) is 1. The van der Waals surface area contributed by atoms with Crippen molar-refractivity contribution in [2.24, 2.45) is 17.6 Å². The standard InChI is InChI=1S/C27H37NO3S/c1-18(2)19-3-9-23(10-4-19)26-16-13-24(17-27(26)32(29,30)31)22-7-5-20(6-8-22)21-11-14-25(28)15-12-21/h3-4,9-10,13,16-18,20-22,25H,5-8,11-12,14-15,28H2,1-2H3,(H,29,30,31). The Labute approximate surface area is 193 Å². The molecule has 5 heteroatoms. The van der Waals surface area contributed by atoms with E-state index in [0.29, 0.717) is 23.4 Å². The van der Waals surface area contributed by atoms with E-state index >= 15 is 0 Å². The predicted octanol–water partition coefficient (Wildman–Crippen LogP) is 6.52. The van der Waals surface area contributed by atoms with Crippen LogP contribution >= 0.6 is 0 Å².